The highest BCUT2D eigenvalue weighted by Gasteiger charge is 2.29. The van der Waals surface area contributed by atoms with E-state index in [2.05, 4.69) is 80.0 Å². The molecular formula is C73H87N15O22S. The van der Waals surface area contributed by atoms with E-state index in [9.17, 15) is 49.9 Å². The summed E-state index contributed by atoms with van der Waals surface area (Å²) in [5, 5.41) is 53.0. The lowest BCUT2D eigenvalue weighted by atomic mass is 10.0. The van der Waals surface area contributed by atoms with Gasteiger partial charge in [0.2, 0.25) is 0 Å². The van der Waals surface area contributed by atoms with Gasteiger partial charge in [0.05, 0.1) is 74.5 Å². The van der Waals surface area contributed by atoms with Gasteiger partial charge in [0, 0.05) is 141 Å². The van der Waals surface area contributed by atoms with Crippen LogP contribution in [0.5, 0.6) is 0 Å². The van der Waals surface area contributed by atoms with Crippen molar-refractivity contribution in [3.05, 3.63) is 198 Å². The highest BCUT2D eigenvalue weighted by Crippen LogP contribution is 2.23. The fraction of sp³-hybridized carbons (Fsp3) is 0.411. The minimum Gasteiger partial charge on any atom is -0.480 e. The molecule has 3 atom stereocenters. The minimum atomic E-state index is -0.890. The van der Waals surface area contributed by atoms with Gasteiger partial charge in [0.25, 0.3) is 11.4 Å². The van der Waals surface area contributed by atoms with Crippen LogP contribution in [0.25, 0.3) is 0 Å². The third kappa shape index (κ3) is 42.4. The molecule has 3 aliphatic heterocycles. The van der Waals surface area contributed by atoms with Crippen LogP contribution in [0.15, 0.2) is 132 Å². The number of carbonyl (C=O) groups excluding carboxylic acids is 12. The molecule has 592 valence electrons. The van der Waals surface area contributed by atoms with Crippen LogP contribution in [0.4, 0.5) is 17.1 Å². The number of aromatic nitrogens is 3. The zero-order valence-electron chi connectivity index (χ0n) is 61.9. The fourth-order valence-electron chi connectivity index (χ4n) is 11.7. The lowest BCUT2D eigenvalue weighted by molar-refractivity contribution is -0.385. The van der Waals surface area contributed by atoms with Gasteiger partial charge in [-0.25, -0.2) is 0 Å². The average molecular weight is 1560 g/mol. The molecule has 6 aromatic rings. The van der Waals surface area contributed by atoms with Crippen molar-refractivity contribution in [1.29, 1.82) is 0 Å². The smallest absolute Gasteiger partial charge is 0.373 e. The van der Waals surface area contributed by atoms with Crippen molar-refractivity contribution in [3.8, 4) is 0 Å². The SMILES string of the molecule is CN1CCN(C)C[C@@H](Cc2ccc([N+](=O)[O-])cc2)N(CC(=O)O)Cc2cccc(n2)C1.CN1CCN(C)C[C@H](Cc2ccc(N=C=S)cc2)N(CC(=O)O)Cc2cccc(n2)C1.CN1CCN(C)C[C@H](Cc2ccc([N+](=O)[O-])cc2)N(CC(=O)O)Cc2cccc(n2)C1.O=C=O.O=C=O.O=C=O.O=C=O.O=C=O.O=C=O. The number of hydrogen-bond donors (Lipinski definition) is 3. The van der Waals surface area contributed by atoms with Crippen LogP contribution in [0.1, 0.15) is 50.9 Å². The summed E-state index contributed by atoms with van der Waals surface area (Å²) in [7, 11) is 12.4. The van der Waals surface area contributed by atoms with Crippen molar-refractivity contribution in [2.75, 3.05) is 121 Å². The van der Waals surface area contributed by atoms with Gasteiger partial charge >= 0.3 is 54.8 Å². The number of aliphatic imine (C=N–C) groups is 1. The molecule has 9 rings (SSSR count). The zero-order chi connectivity index (χ0) is 83.2. The average Bonchev–Trinajstić information content (AvgIpc) is 0.850. The van der Waals surface area contributed by atoms with Crippen LogP contribution >= 0.6 is 12.2 Å². The number of carboxylic acid groups (broad SMARTS) is 3. The number of benzene rings is 3. The molecule has 6 heterocycles. The quantitative estimate of drug-likeness (QED) is 0.0576. The van der Waals surface area contributed by atoms with Gasteiger partial charge in [0.1, 0.15) is 0 Å². The maximum atomic E-state index is 11.7. The summed E-state index contributed by atoms with van der Waals surface area (Å²) in [6.45, 7) is 10.7. The Morgan fingerprint density at radius 1 is 0.387 bits per heavy atom. The number of likely N-dealkylation sites (N-methyl/N-ethyl adjacent to an activating group) is 6. The first-order valence-corrected chi connectivity index (χ1v) is 33.8. The number of non-ortho nitro benzene ring substituents is 2. The molecule has 3 aliphatic rings. The predicted molar refractivity (Wildman–Crippen MR) is 388 cm³/mol. The molecule has 3 aromatic carbocycles. The maximum absolute atomic E-state index is 11.7. The molecule has 37 nitrogen and oxygen atoms in total. The largest absolute Gasteiger partial charge is 0.480 e. The molecule has 6 bridgehead atoms. The van der Waals surface area contributed by atoms with Crippen LogP contribution in [0.2, 0.25) is 0 Å². The van der Waals surface area contributed by atoms with Crippen LogP contribution < -0.4 is 0 Å². The molecule has 0 amide bonds. The van der Waals surface area contributed by atoms with E-state index in [1.54, 1.807) is 24.3 Å². The molecule has 3 N–H and O–H groups in total. The third-order valence-electron chi connectivity index (χ3n) is 16.5. The maximum Gasteiger partial charge on any atom is 0.373 e. The summed E-state index contributed by atoms with van der Waals surface area (Å²) in [6.07, 6.45) is 3.41. The zero-order valence-corrected chi connectivity index (χ0v) is 62.7. The van der Waals surface area contributed by atoms with E-state index in [1.165, 1.54) is 24.3 Å². The van der Waals surface area contributed by atoms with Crippen molar-refractivity contribution in [2.24, 2.45) is 4.99 Å². The van der Waals surface area contributed by atoms with Crippen molar-refractivity contribution in [2.45, 2.75) is 76.7 Å². The number of aliphatic carboxylic acids is 3. The number of hydrogen-bond acceptors (Lipinski definition) is 33. The predicted octanol–water partition coefficient (Wildman–Crippen LogP) is 2.92. The second-order valence-electron chi connectivity index (χ2n) is 25.0. The molecule has 111 heavy (non-hydrogen) atoms. The van der Waals surface area contributed by atoms with Crippen LogP contribution in [0, 0.1) is 20.2 Å². The molecule has 0 aliphatic carbocycles. The molecule has 0 radical (unpaired) electrons. The Hall–Kier alpha value is -12.0. The second kappa shape index (κ2) is 56.3. The number of fused-ring (bicyclic) bond motifs is 6. The lowest BCUT2D eigenvalue weighted by Gasteiger charge is -2.34. The summed E-state index contributed by atoms with van der Waals surface area (Å²) >= 11 is 4.67. The van der Waals surface area contributed by atoms with Crippen molar-refractivity contribution < 1.29 is 97.1 Å². The van der Waals surface area contributed by atoms with E-state index in [1.807, 2.05) is 108 Å². The Morgan fingerprint density at radius 2 is 0.604 bits per heavy atom. The lowest BCUT2D eigenvalue weighted by Crippen LogP contribution is -2.47. The summed E-state index contributed by atoms with van der Waals surface area (Å²) in [5.41, 5.74) is 9.36. The number of carbonyl (C=O) groups is 3. The summed E-state index contributed by atoms with van der Waals surface area (Å²) in [5.74, 6) is -2.61. The Morgan fingerprint density at radius 3 is 0.820 bits per heavy atom. The Labute approximate surface area is 643 Å². The number of nitrogens with zero attached hydrogens (tertiary/aromatic N) is 15. The van der Waals surface area contributed by atoms with Gasteiger partial charge in [-0.2, -0.15) is 62.5 Å². The van der Waals surface area contributed by atoms with Crippen LogP contribution in [-0.4, -0.2) is 283 Å². The highest BCUT2D eigenvalue weighted by molar-refractivity contribution is 7.78. The second-order valence-corrected chi connectivity index (χ2v) is 25.2. The molecular weight excluding hydrogens is 1470 g/mol. The summed E-state index contributed by atoms with van der Waals surface area (Å²) < 4.78 is 0. The number of nitro groups is 2. The van der Waals surface area contributed by atoms with E-state index in [0.29, 0.717) is 45.6 Å². The van der Waals surface area contributed by atoms with E-state index in [4.69, 9.17) is 72.5 Å². The van der Waals surface area contributed by atoms with Crippen molar-refractivity contribution >= 4 is 89.3 Å². The fourth-order valence-corrected chi connectivity index (χ4v) is 11.8. The molecule has 0 fully saturated rings. The standard InChI is InChI=1S/C23H29N5O2S.2C22H29N5O4.6CO2/c1-26-10-11-27(2)15-22(12-18-6-8-19(9-7-18)24-17-31)28(16-23(29)30)14-21-5-3-4-20(13-26)25-21;2*1-24-10-11-25(2)15-21(12-17-6-8-20(9-7-17)27(30)31)26(16-22(28)29)14-19-5-3-4-18(13-24)23-19;6*2-1-3/h3-9,22H,10-16H2,1-2H3,(H,29,30);2*3-9,21H,10-16H2,1-2H3,(H,28,29);;;;;;/t22-;2*21-;;;;;;/m010....../s1. The number of pyridine rings is 3. The summed E-state index contributed by atoms with van der Waals surface area (Å²) in [6, 6.07) is 38.5. The van der Waals surface area contributed by atoms with Crippen molar-refractivity contribution in [3.63, 3.8) is 0 Å². The highest BCUT2D eigenvalue weighted by atomic mass is 32.1. The van der Waals surface area contributed by atoms with Crippen molar-refractivity contribution in [1.82, 2.24) is 59.1 Å². The summed E-state index contributed by atoms with van der Waals surface area (Å²) in [4.78, 5) is 191. The van der Waals surface area contributed by atoms with Crippen LogP contribution in [0.3, 0.4) is 0 Å². The third-order valence-corrected chi connectivity index (χ3v) is 16.6. The van der Waals surface area contributed by atoms with Gasteiger partial charge in [-0.3, -0.25) is 79.0 Å². The Kier molecular flexibility index (Phi) is 49.2. The van der Waals surface area contributed by atoms with Crippen LogP contribution in [-0.2, 0) is 130 Å². The normalized spacial score (nSPS) is 16.6. The van der Waals surface area contributed by atoms with Gasteiger partial charge in [0.15, 0.2) is 0 Å². The first-order chi connectivity index (χ1) is 53.0. The Bertz CT molecular complexity index is 3680. The molecule has 3 aromatic heterocycles. The van der Waals surface area contributed by atoms with Gasteiger partial charge in [-0.15, -0.1) is 0 Å². The van der Waals surface area contributed by atoms with E-state index < -0.39 is 27.8 Å². The minimum absolute atomic E-state index is 0.0242. The van der Waals surface area contributed by atoms with E-state index in [0.717, 1.165) is 128 Å². The van der Waals surface area contributed by atoms with Gasteiger partial charge in [-0.1, -0.05) is 54.6 Å². The number of isothiocyanates is 1. The Balaban J connectivity index is 0.000000748. The number of nitro benzene ring substituents is 2. The number of thiocarbonyl (C=S) groups is 1. The van der Waals surface area contributed by atoms with E-state index >= 15 is 0 Å². The molecule has 0 spiro atoms. The van der Waals surface area contributed by atoms with Gasteiger partial charge in [-0.05, 0) is 139 Å². The monoisotopic (exact) mass is 1560 g/mol. The first-order valence-electron chi connectivity index (χ1n) is 33.4. The molecule has 0 saturated carbocycles. The van der Waals surface area contributed by atoms with Gasteiger partial charge < -0.3 is 30.0 Å². The molecule has 38 heteroatoms. The topological polar surface area (TPSA) is 483 Å². The van der Waals surface area contributed by atoms with E-state index in [-0.39, 0.29) is 86.0 Å². The number of rotatable bonds is 15. The molecule has 0 saturated heterocycles. The first kappa shape index (κ1) is 97.1. The number of carboxylic acids is 3. The molecule has 0 unspecified atom stereocenters.